The van der Waals surface area contributed by atoms with Gasteiger partial charge >= 0.3 is 0 Å². The summed E-state index contributed by atoms with van der Waals surface area (Å²) < 4.78 is 0. The third kappa shape index (κ3) is 2.11. The number of anilines is 1. The van der Waals surface area contributed by atoms with Crippen LogP contribution in [0.15, 0.2) is 18.2 Å². The van der Waals surface area contributed by atoms with Gasteiger partial charge in [-0.3, -0.25) is 4.79 Å². The van der Waals surface area contributed by atoms with Crippen molar-refractivity contribution < 1.29 is 4.79 Å². The number of amides is 1. The molecule has 2 atom stereocenters. The topological polar surface area (TPSA) is 69.8 Å². The molecular weight excluding hydrogens is 276 g/mol. The number of carbonyl (C=O) groups excluding carboxylic acids is 1. The smallest absolute Gasteiger partial charge is 0.232 e. The van der Waals surface area contributed by atoms with Crippen LogP contribution in [-0.4, -0.2) is 29.0 Å². The first kappa shape index (κ1) is 13.8. The SMILES string of the molecule is Cc1nc2ccc(NC(=O)[C@@]34CCCC[C@H]3CNC4)cc2[nH]1. The minimum atomic E-state index is -0.211. The van der Waals surface area contributed by atoms with Crippen molar-refractivity contribution in [3.8, 4) is 0 Å². The molecule has 5 nitrogen and oxygen atoms in total. The Balaban J connectivity index is 1.59. The van der Waals surface area contributed by atoms with Crippen LogP contribution < -0.4 is 10.6 Å². The fourth-order valence-electron chi connectivity index (χ4n) is 4.16. The lowest BCUT2D eigenvalue weighted by atomic mass is 9.67. The van der Waals surface area contributed by atoms with Gasteiger partial charge in [0.1, 0.15) is 5.82 Å². The van der Waals surface area contributed by atoms with E-state index in [1.165, 1.54) is 12.8 Å². The number of rotatable bonds is 2. The third-order valence-electron chi connectivity index (χ3n) is 5.35. The number of H-pyrrole nitrogens is 1. The number of aromatic nitrogens is 2. The zero-order chi connectivity index (χ0) is 15.2. The van der Waals surface area contributed by atoms with Crippen LogP contribution in [0.1, 0.15) is 31.5 Å². The van der Waals surface area contributed by atoms with Gasteiger partial charge in [0, 0.05) is 12.2 Å². The van der Waals surface area contributed by atoms with Gasteiger partial charge in [-0.2, -0.15) is 0 Å². The lowest BCUT2D eigenvalue weighted by molar-refractivity contribution is -0.128. The van der Waals surface area contributed by atoms with Gasteiger partial charge in [-0.15, -0.1) is 0 Å². The van der Waals surface area contributed by atoms with Crippen LogP contribution >= 0.6 is 0 Å². The Kier molecular flexibility index (Phi) is 3.18. The summed E-state index contributed by atoms with van der Waals surface area (Å²) in [5.41, 5.74) is 2.55. The van der Waals surface area contributed by atoms with Gasteiger partial charge in [0.05, 0.1) is 16.4 Å². The summed E-state index contributed by atoms with van der Waals surface area (Å²) >= 11 is 0. The van der Waals surface area contributed by atoms with Crippen LogP contribution in [0.25, 0.3) is 11.0 Å². The maximum absolute atomic E-state index is 12.9. The van der Waals surface area contributed by atoms with Crippen molar-refractivity contribution in [3.63, 3.8) is 0 Å². The molecule has 1 aliphatic carbocycles. The molecule has 2 fully saturated rings. The number of benzene rings is 1. The largest absolute Gasteiger partial charge is 0.342 e. The summed E-state index contributed by atoms with van der Waals surface area (Å²) in [7, 11) is 0. The first-order valence-corrected chi connectivity index (χ1v) is 8.16. The first-order chi connectivity index (χ1) is 10.7. The molecule has 1 amide bonds. The predicted octanol–water partition coefficient (Wildman–Crippen LogP) is 2.59. The van der Waals surface area contributed by atoms with Crippen LogP contribution in [-0.2, 0) is 4.79 Å². The second-order valence-electron chi connectivity index (χ2n) is 6.74. The van der Waals surface area contributed by atoms with E-state index in [1.54, 1.807) is 0 Å². The number of carbonyl (C=O) groups is 1. The molecule has 116 valence electrons. The van der Waals surface area contributed by atoms with Crippen molar-refractivity contribution in [1.82, 2.24) is 15.3 Å². The summed E-state index contributed by atoms with van der Waals surface area (Å²) in [6.07, 6.45) is 4.58. The average molecular weight is 298 g/mol. The van der Waals surface area contributed by atoms with E-state index < -0.39 is 0 Å². The number of hydrogen-bond donors (Lipinski definition) is 3. The van der Waals surface area contributed by atoms with E-state index in [0.717, 1.165) is 48.5 Å². The highest BCUT2D eigenvalue weighted by molar-refractivity contribution is 5.97. The van der Waals surface area contributed by atoms with Gasteiger partial charge in [-0.1, -0.05) is 12.8 Å². The van der Waals surface area contributed by atoms with Gasteiger partial charge < -0.3 is 15.6 Å². The van der Waals surface area contributed by atoms with E-state index in [9.17, 15) is 4.79 Å². The van der Waals surface area contributed by atoms with Crippen LogP contribution in [0, 0.1) is 18.3 Å². The lowest BCUT2D eigenvalue weighted by Gasteiger charge is -2.37. The van der Waals surface area contributed by atoms with Crippen molar-refractivity contribution in [2.24, 2.45) is 11.3 Å². The van der Waals surface area contributed by atoms with Crippen LogP contribution in [0.3, 0.4) is 0 Å². The van der Waals surface area contributed by atoms with Crippen molar-refractivity contribution in [1.29, 1.82) is 0 Å². The Labute approximate surface area is 129 Å². The van der Waals surface area contributed by atoms with Crippen molar-refractivity contribution in [2.45, 2.75) is 32.6 Å². The number of imidazole rings is 1. The summed E-state index contributed by atoms with van der Waals surface area (Å²) in [5.74, 6) is 1.56. The molecule has 0 bridgehead atoms. The second-order valence-corrected chi connectivity index (χ2v) is 6.74. The molecule has 2 aromatic rings. The molecule has 1 aromatic carbocycles. The molecule has 0 spiro atoms. The Morgan fingerprint density at radius 2 is 2.32 bits per heavy atom. The number of fused-ring (bicyclic) bond motifs is 2. The van der Waals surface area contributed by atoms with Gasteiger partial charge in [-0.05, 0) is 50.4 Å². The van der Waals surface area contributed by atoms with Gasteiger partial charge in [-0.25, -0.2) is 4.98 Å². The molecule has 1 saturated carbocycles. The zero-order valence-corrected chi connectivity index (χ0v) is 12.9. The summed E-state index contributed by atoms with van der Waals surface area (Å²) in [6.45, 7) is 3.73. The standard InChI is InChI=1S/C17H22N4O/c1-11-19-14-6-5-13(8-15(14)20-11)21-16(22)17-7-3-2-4-12(17)9-18-10-17/h5-6,8,12,18H,2-4,7,9-10H2,1H3,(H,19,20)(H,21,22)/t12-,17+/m0/s1. The molecular formula is C17H22N4O. The van der Waals surface area contributed by atoms with Crippen LogP contribution in [0.4, 0.5) is 5.69 Å². The van der Waals surface area contributed by atoms with E-state index in [4.69, 9.17) is 0 Å². The maximum Gasteiger partial charge on any atom is 0.232 e. The molecule has 2 heterocycles. The van der Waals surface area contributed by atoms with Crippen molar-refractivity contribution in [2.75, 3.05) is 18.4 Å². The molecule has 2 aliphatic rings. The Hall–Kier alpha value is -1.88. The number of aromatic amines is 1. The summed E-state index contributed by atoms with van der Waals surface area (Å²) in [5, 5.41) is 6.58. The normalized spacial score (nSPS) is 27.8. The van der Waals surface area contributed by atoms with Crippen molar-refractivity contribution in [3.05, 3.63) is 24.0 Å². The Morgan fingerprint density at radius 1 is 1.41 bits per heavy atom. The number of aryl methyl sites for hydroxylation is 1. The third-order valence-corrected chi connectivity index (χ3v) is 5.35. The average Bonchev–Trinajstić information content (AvgIpc) is 3.09. The van der Waals surface area contributed by atoms with Crippen LogP contribution in [0.2, 0.25) is 0 Å². The number of hydrogen-bond acceptors (Lipinski definition) is 3. The molecule has 0 unspecified atom stereocenters. The minimum absolute atomic E-state index is 0.179. The minimum Gasteiger partial charge on any atom is -0.342 e. The molecule has 0 radical (unpaired) electrons. The molecule has 22 heavy (non-hydrogen) atoms. The monoisotopic (exact) mass is 298 g/mol. The predicted molar refractivity (Wildman–Crippen MR) is 86.7 cm³/mol. The molecule has 5 heteroatoms. The molecule has 1 aliphatic heterocycles. The fourth-order valence-corrected chi connectivity index (χ4v) is 4.16. The quantitative estimate of drug-likeness (QED) is 0.798. The highest BCUT2D eigenvalue weighted by Gasteiger charge is 2.49. The number of nitrogens with zero attached hydrogens (tertiary/aromatic N) is 1. The van der Waals surface area contributed by atoms with E-state index >= 15 is 0 Å². The molecule has 1 saturated heterocycles. The molecule has 1 aromatic heterocycles. The molecule has 4 rings (SSSR count). The van der Waals surface area contributed by atoms with Gasteiger partial charge in [0.25, 0.3) is 0 Å². The van der Waals surface area contributed by atoms with E-state index in [0.29, 0.717) is 5.92 Å². The van der Waals surface area contributed by atoms with E-state index in [2.05, 4.69) is 20.6 Å². The number of nitrogens with one attached hydrogen (secondary N) is 3. The Morgan fingerprint density at radius 3 is 3.23 bits per heavy atom. The lowest BCUT2D eigenvalue weighted by Crippen LogP contribution is -2.44. The Bertz CT molecular complexity index is 723. The van der Waals surface area contributed by atoms with Crippen molar-refractivity contribution >= 4 is 22.6 Å². The summed E-state index contributed by atoms with van der Waals surface area (Å²) in [4.78, 5) is 20.6. The fraction of sp³-hybridized carbons (Fsp3) is 0.529. The van der Waals surface area contributed by atoms with Crippen LogP contribution in [0.5, 0.6) is 0 Å². The van der Waals surface area contributed by atoms with E-state index in [1.807, 2.05) is 25.1 Å². The zero-order valence-electron chi connectivity index (χ0n) is 12.9. The molecule has 3 N–H and O–H groups in total. The van der Waals surface area contributed by atoms with E-state index in [-0.39, 0.29) is 11.3 Å². The maximum atomic E-state index is 12.9. The summed E-state index contributed by atoms with van der Waals surface area (Å²) in [6, 6.07) is 5.87. The second kappa shape index (κ2) is 5.09. The van der Waals surface area contributed by atoms with Gasteiger partial charge in [0.2, 0.25) is 5.91 Å². The van der Waals surface area contributed by atoms with Gasteiger partial charge in [0.15, 0.2) is 0 Å². The first-order valence-electron chi connectivity index (χ1n) is 8.16. The highest BCUT2D eigenvalue weighted by Crippen LogP contribution is 2.44. The highest BCUT2D eigenvalue weighted by atomic mass is 16.2.